The lowest BCUT2D eigenvalue weighted by Gasteiger charge is -2.25. The van der Waals surface area contributed by atoms with Crippen LogP contribution in [0.5, 0.6) is 11.5 Å². The van der Waals surface area contributed by atoms with Gasteiger partial charge in [-0.3, -0.25) is 9.10 Å². The molecule has 1 amide bonds. The zero-order valence-electron chi connectivity index (χ0n) is 17.1. The van der Waals surface area contributed by atoms with E-state index in [0.717, 1.165) is 16.1 Å². The lowest BCUT2D eigenvalue weighted by molar-refractivity contribution is -0.120. The molecule has 0 radical (unpaired) electrons. The van der Waals surface area contributed by atoms with E-state index in [0.29, 0.717) is 22.9 Å². The van der Waals surface area contributed by atoms with Crippen LogP contribution in [0.2, 0.25) is 10.0 Å². The third-order valence-electron chi connectivity index (χ3n) is 4.42. The summed E-state index contributed by atoms with van der Waals surface area (Å²) in [6.45, 7) is 1.46. The lowest BCUT2D eigenvalue weighted by atomic mass is 10.0. The number of sulfonamides is 1. The predicted octanol–water partition coefficient (Wildman–Crippen LogP) is 4.04. The van der Waals surface area contributed by atoms with Gasteiger partial charge in [-0.1, -0.05) is 36.2 Å². The fraction of sp³-hybridized carbons (Fsp3) is 0.350. The van der Waals surface area contributed by atoms with Crippen molar-refractivity contribution >= 4 is 44.8 Å². The zero-order chi connectivity index (χ0) is 22.5. The Kier molecular flexibility index (Phi) is 8.23. The molecule has 1 unspecified atom stereocenters. The molecule has 0 saturated carbocycles. The third-order valence-corrected chi connectivity index (χ3v) is 6.10. The first-order chi connectivity index (χ1) is 14.1. The summed E-state index contributed by atoms with van der Waals surface area (Å²) in [6.07, 6.45) is 1.58. The summed E-state index contributed by atoms with van der Waals surface area (Å²) in [6, 6.07) is 9.41. The topological polar surface area (TPSA) is 84.9 Å². The van der Waals surface area contributed by atoms with Crippen molar-refractivity contribution in [3.05, 3.63) is 52.0 Å². The average molecular weight is 475 g/mol. The molecule has 0 spiro atoms. The molecule has 0 aliphatic carbocycles. The summed E-state index contributed by atoms with van der Waals surface area (Å²) >= 11 is 12.1. The number of hydrogen-bond donors (Lipinski definition) is 1. The van der Waals surface area contributed by atoms with Crippen molar-refractivity contribution in [3.63, 3.8) is 0 Å². The Morgan fingerprint density at radius 3 is 2.33 bits per heavy atom. The van der Waals surface area contributed by atoms with Gasteiger partial charge in [-0.15, -0.1) is 0 Å². The van der Waals surface area contributed by atoms with Crippen LogP contribution in [0.4, 0.5) is 5.69 Å². The third kappa shape index (κ3) is 5.93. The highest BCUT2D eigenvalue weighted by atomic mass is 35.5. The van der Waals surface area contributed by atoms with Crippen LogP contribution >= 0.6 is 23.2 Å². The number of benzene rings is 2. The summed E-state index contributed by atoms with van der Waals surface area (Å²) in [4.78, 5) is 12.7. The smallest absolute Gasteiger partial charge is 0.241 e. The molecule has 0 bridgehead atoms. The van der Waals surface area contributed by atoms with Crippen LogP contribution in [0.3, 0.4) is 0 Å². The maximum absolute atomic E-state index is 12.7. The van der Waals surface area contributed by atoms with E-state index in [2.05, 4.69) is 5.32 Å². The highest BCUT2D eigenvalue weighted by molar-refractivity contribution is 7.92. The van der Waals surface area contributed by atoms with Gasteiger partial charge >= 0.3 is 0 Å². The second-order valence-corrected chi connectivity index (χ2v) is 9.26. The SMILES string of the molecule is CCC(NC(=O)CN(c1cc(Cl)ccc1Cl)S(C)(=O)=O)c1ccc(OC)c(OC)c1. The number of methoxy groups -OCH3 is 2. The Morgan fingerprint density at radius 1 is 1.10 bits per heavy atom. The minimum absolute atomic E-state index is 0.140. The van der Waals surface area contributed by atoms with Crippen LogP contribution in [-0.4, -0.2) is 41.3 Å². The number of amides is 1. The zero-order valence-corrected chi connectivity index (χ0v) is 19.4. The van der Waals surface area contributed by atoms with Gasteiger partial charge in [0.25, 0.3) is 0 Å². The number of rotatable bonds is 9. The second-order valence-electron chi connectivity index (χ2n) is 6.51. The van der Waals surface area contributed by atoms with Crippen molar-refractivity contribution in [3.8, 4) is 11.5 Å². The minimum atomic E-state index is -3.79. The number of hydrogen-bond acceptors (Lipinski definition) is 5. The first-order valence-corrected chi connectivity index (χ1v) is 11.6. The number of carbonyl (C=O) groups is 1. The molecule has 7 nitrogen and oxygen atoms in total. The van der Waals surface area contributed by atoms with Crippen molar-refractivity contribution in [2.24, 2.45) is 0 Å². The second kappa shape index (κ2) is 10.2. The lowest BCUT2D eigenvalue weighted by Crippen LogP contribution is -2.41. The number of halogens is 2. The molecule has 0 aliphatic heterocycles. The van der Waals surface area contributed by atoms with Crippen molar-refractivity contribution in [1.29, 1.82) is 0 Å². The van der Waals surface area contributed by atoms with Crippen molar-refractivity contribution in [2.75, 3.05) is 31.3 Å². The van der Waals surface area contributed by atoms with Gasteiger partial charge in [0.1, 0.15) is 6.54 Å². The largest absolute Gasteiger partial charge is 0.493 e. The van der Waals surface area contributed by atoms with E-state index in [1.165, 1.54) is 32.4 Å². The molecule has 0 aromatic heterocycles. The molecule has 0 aliphatic rings. The molecular formula is C20H24Cl2N2O5S. The Bertz CT molecular complexity index is 1010. The maximum atomic E-state index is 12.7. The van der Waals surface area contributed by atoms with Gasteiger partial charge in [-0.2, -0.15) is 0 Å². The quantitative estimate of drug-likeness (QED) is 0.592. The molecule has 0 heterocycles. The molecule has 0 fully saturated rings. The molecule has 0 saturated heterocycles. The van der Waals surface area contributed by atoms with Crippen molar-refractivity contribution < 1.29 is 22.7 Å². The summed E-state index contributed by atoms with van der Waals surface area (Å²) in [5, 5.41) is 3.34. The average Bonchev–Trinajstić information content (AvgIpc) is 2.70. The molecule has 2 aromatic carbocycles. The molecule has 10 heteroatoms. The van der Waals surface area contributed by atoms with Crippen LogP contribution in [0, 0.1) is 0 Å². The standard InChI is InChI=1S/C20H24Cl2N2O5S/c1-5-16(13-6-9-18(28-2)19(10-13)29-3)23-20(25)12-24(30(4,26)27)17-11-14(21)7-8-15(17)22/h6-11,16H,5,12H2,1-4H3,(H,23,25). The molecule has 1 N–H and O–H groups in total. The molecular weight excluding hydrogens is 451 g/mol. The number of anilines is 1. The highest BCUT2D eigenvalue weighted by Gasteiger charge is 2.25. The van der Waals surface area contributed by atoms with Crippen molar-refractivity contribution in [2.45, 2.75) is 19.4 Å². The number of nitrogens with zero attached hydrogens (tertiary/aromatic N) is 1. The predicted molar refractivity (Wildman–Crippen MR) is 119 cm³/mol. The van der Waals surface area contributed by atoms with E-state index in [9.17, 15) is 13.2 Å². The summed E-state index contributed by atoms with van der Waals surface area (Å²) < 4.78 is 36.1. The normalized spacial score (nSPS) is 12.2. The molecule has 2 rings (SSSR count). The highest BCUT2D eigenvalue weighted by Crippen LogP contribution is 2.32. The molecule has 1 atom stereocenters. The first kappa shape index (κ1) is 24.1. The van der Waals surface area contributed by atoms with Gasteiger partial charge in [-0.25, -0.2) is 8.42 Å². The maximum Gasteiger partial charge on any atom is 0.241 e. The van der Waals surface area contributed by atoms with E-state index < -0.39 is 22.5 Å². The van der Waals surface area contributed by atoms with E-state index in [1.807, 2.05) is 13.0 Å². The molecule has 30 heavy (non-hydrogen) atoms. The van der Waals surface area contributed by atoms with E-state index in [4.69, 9.17) is 32.7 Å². The Labute approximate surface area is 186 Å². The monoisotopic (exact) mass is 474 g/mol. The van der Waals surface area contributed by atoms with E-state index in [1.54, 1.807) is 12.1 Å². The van der Waals surface area contributed by atoms with Crippen molar-refractivity contribution in [1.82, 2.24) is 5.32 Å². The first-order valence-electron chi connectivity index (χ1n) is 9.04. The molecule has 2 aromatic rings. The minimum Gasteiger partial charge on any atom is -0.493 e. The summed E-state index contributed by atoms with van der Waals surface area (Å²) in [7, 11) is -0.720. The fourth-order valence-electron chi connectivity index (χ4n) is 2.92. The molecule has 164 valence electrons. The summed E-state index contributed by atoms with van der Waals surface area (Å²) in [5.41, 5.74) is 0.941. The van der Waals surface area contributed by atoms with Gasteiger partial charge in [-0.05, 0) is 42.3 Å². The van der Waals surface area contributed by atoms with Crippen LogP contribution in [-0.2, 0) is 14.8 Å². The Morgan fingerprint density at radius 2 is 1.77 bits per heavy atom. The van der Waals surface area contributed by atoms with E-state index >= 15 is 0 Å². The van der Waals surface area contributed by atoms with Gasteiger partial charge in [0, 0.05) is 5.02 Å². The van der Waals surface area contributed by atoms with Gasteiger partial charge in [0.05, 0.1) is 37.2 Å². The fourth-order valence-corrected chi connectivity index (χ4v) is 4.22. The van der Waals surface area contributed by atoms with Gasteiger partial charge < -0.3 is 14.8 Å². The van der Waals surface area contributed by atoms with Crippen LogP contribution in [0.25, 0.3) is 0 Å². The Balaban J connectivity index is 2.26. The summed E-state index contributed by atoms with van der Waals surface area (Å²) in [5.74, 6) is 0.616. The number of ether oxygens (including phenoxy) is 2. The van der Waals surface area contributed by atoms with Gasteiger partial charge in [0.2, 0.25) is 15.9 Å². The van der Waals surface area contributed by atoms with E-state index in [-0.39, 0.29) is 16.8 Å². The van der Waals surface area contributed by atoms with Crippen LogP contribution < -0.4 is 19.1 Å². The van der Waals surface area contributed by atoms with Crippen LogP contribution in [0.15, 0.2) is 36.4 Å². The number of carbonyl (C=O) groups excluding carboxylic acids is 1. The Hall–Kier alpha value is -2.16. The number of nitrogens with one attached hydrogen (secondary N) is 1. The van der Waals surface area contributed by atoms with Gasteiger partial charge in [0.15, 0.2) is 11.5 Å². The van der Waals surface area contributed by atoms with Crippen LogP contribution in [0.1, 0.15) is 24.9 Å².